The van der Waals surface area contributed by atoms with Crippen LogP contribution < -0.4 is 11.1 Å². The molecule has 0 bridgehead atoms. The standard InChI is InChI=1S/C10H13F3N4/c1-5-2-6(5)4-15-8-3-7(14)16-9(17-8)10(11,12)13/h3,5-6H,2,4H2,1H3,(H3,14,15,16,17). The Labute approximate surface area is 96.4 Å². The molecule has 1 saturated carbocycles. The molecular weight excluding hydrogens is 233 g/mol. The summed E-state index contributed by atoms with van der Waals surface area (Å²) < 4.78 is 37.2. The van der Waals surface area contributed by atoms with Gasteiger partial charge < -0.3 is 11.1 Å². The number of hydrogen-bond donors (Lipinski definition) is 2. The van der Waals surface area contributed by atoms with Crippen LogP contribution in [0.15, 0.2) is 6.07 Å². The van der Waals surface area contributed by atoms with Gasteiger partial charge in [-0.2, -0.15) is 13.2 Å². The van der Waals surface area contributed by atoms with Crippen LogP contribution in [0.25, 0.3) is 0 Å². The molecule has 1 aliphatic rings. The second-order valence-corrected chi connectivity index (χ2v) is 4.35. The highest BCUT2D eigenvalue weighted by Crippen LogP contribution is 2.37. The van der Waals surface area contributed by atoms with Gasteiger partial charge in [0.2, 0.25) is 5.82 Å². The molecule has 0 spiro atoms. The van der Waals surface area contributed by atoms with Crippen molar-refractivity contribution in [3.63, 3.8) is 0 Å². The summed E-state index contributed by atoms with van der Waals surface area (Å²) in [6.45, 7) is 2.72. The van der Waals surface area contributed by atoms with Crippen molar-refractivity contribution in [2.24, 2.45) is 11.8 Å². The van der Waals surface area contributed by atoms with Crippen LogP contribution in [0.3, 0.4) is 0 Å². The van der Waals surface area contributed by atoms with Crippen molar-refractivity contribution in [1.82, 2.24) is 9.97 Å². The lowest BCUT2D eigenvalue weighted by Crippen LogP contribution is -2.15. The second kappa shape index (κ2) is 4.05. The van der Waals surface area contributed by atoms with E-state index in [1.165, 1.54) is 6.07 Å². The maximum Gasteiger partial charge on any atom is 0.451 e. The monoisotopic (exact) mass is 246 g/mol. The smallest absolute Gasteiger partial charge is 0.384 e. The largest absolute Gasteiger partial charge is 0.451 e. The predicted octanol–water partition coefficient (Wildman–Crippen LogP) is 2.15. The van der Waals surface area contributed by atoms with Crippen LogP contribution in [0.5, 0.6) is 0 Å². The van der Waals surface area contributed by atoms with Crippen LogP contribution >= 0.6 is 0 Å². The van der Waals surface area contributed by atoms with Gasteiger partial charge in [-0.1, -0.05) is 6.92 Å². The van der Waals surface area contributed by atoms with E-state index in [2.05, 4.69) is 22.2 Å². The molecule has 2 atom stereocenters. The van der Waals surface area contributed by atoms with Gasteiger partial charge in [0.1, 0.15) is 11.6 Å². The van der Waals surface area contributed by atoms with E-state index in [0.717, 1.165) is 6.42 Å². The van der Waals surface area contributed by atoms with E-state index in [4.69, 9.17) is 5.73 Å². The molecule has 0 aliphatic heterocycles. The topological polar surface area (TPSA) is 63.8 Å². The number of alkyl halides is 3. The maximum atomic E-state index is 12.4. The van der Waals surface area contributed by atoms with E-state index in [1.807, 2.05) is 0 Å². The quantitative estimate of drug-likeness (QED) is 0.857. The summed E-state index contributed by atoms with van der Waals surface area (Å²) >= 11 is 0. The van der Waals surface area contributed by atoms with E-state index in [0.29, 0.717) is 18.4 Å². The molecule has 1 heterocycles. The molecule has 94 valence electrons. The molecule has 7 heteroatoms. The van der Waals surface area contributed by atoms with Gasteiger partial charge in [0.25, 0.3) is 0 Å². The molecule has 0 saturated heterocycles. The SMILES string of the molecule is CC1CC1CNc1cc(N)nc(C(F)(F)F)n1. The first kappa shape index (κ1) is 11.9. The summed E-state index contributed by atoms with van der Waals surface area (Å²) in [5.41, 5.74) is 5.31. The van der Waals surface area contributed by atoms with Gasteiger partial charge >= 0.3 is 6.18 Å². The van der Waals surface area contributed by atoms with Crippen LogP contribution in [0, 0.1) is 11.8 Å². The Balaban J connectivity index is 2.08. The zero-order valence-electron chi connectivity index (χ0n) is 9.25. The second-order valence-electron chi connectivity index (χ2n) is 4.35. The minimum Gasteiger partial charge on any atom is -0.384 e. The van der Waals surface area contributed by atoms with Gasteiger partial charge in [0, 0.05) is 12.6 Å². The number of nitrogens with one attached hydrogen (secondary N) is 1. The number of nitrogens with zero attached hydrogens (tertiary/aromatic N) is 2. The normalized spacial score (nSPS) is 23.5. The molecule has 0 radical (unpaired) electrons. The van der Waals surface area contributed by atoms with Gasteiger partial charge in [-0.05, 0) is 18.3 Å². The highest BCUT2D eigenvalue weighted by Gasteiger charge is 2.36. The van der Waals surface area contributed by atoms with Crippen LogP contribution in [-0.2, 0) is 6.18 Å². The van der Waals surface area contributed by atoms with Crippen LogP contribution in [-0.4, -0.2) is 16.5 Å². The number of aromatic nitrogens is 2. The fourth-order valence-corrected chi connectivity index (χ4v) is 1.60. The first-order valence-electron chi connectivity index (χ1n) is 5.32. The molecule has 2 rings (SSSR count). The lowest BCUT2D eigenvalue weighted by atomic mass is 10.3. The summed E-state index contributed by atoms with van der Waals surface area (Å²) in [7, 11) is 0. The van der Waals surface area contributed by atoms with Gasteiger partial charge in [-0.3, -0.25) is 0 Å². The molecule has 1 fully saturated rings. The summed E-state index contributed by atoms with van der Waals surface area (Å²) in [6, 6.07) is 1.31. The van der Waals surface area contributed by atoms with Crippen molar-refractivity contribution in [3.05, 3.63) is 11.9 Å². The lowest BCUT2D eigenvalue weighted by molar-refractivity contribution is -0.144. The molecule has 0 aromatic carbocycles. The zero-order chi connectivity index (χ0) is 12.6. The van der Waals surface area contributed by atoms with E-state index in [1.54, 1.807) is 0 Å². The molecule has 4 nitrogen and oxygen atoms in total. The van der Waals surface area contributed by atoms with E-state index >= 15 is 0 Å². The van der Waals surface area contributed by atoms with E-state index in [9.17, 15) is 13.2 Å². The van der Waals surface area contributed by atoms with Crippen LogP contribution in [0.4, 0.5) is 24.8 Å². The van der Waals surface area contributed by atoms with Crippen LogP contribution in [0.1, 0.15) is 19.2 Å². The molecule has 0 amide bonds. The summed E-state index contributed by atoms with van der Waals surface area (Å²) in [6.07, 6.45) is -3.47. The minimum atomic E-state index is -4.57. The van der Waals surface area contributed by atoms with Gasteiger partial charge in [0.05, 0.1) is 0 Å². The van der Waals surface area contributed by atoms with Gasteiger partial charge in [-0.25, -0.2) is 9.97 Å². The summed E-state index contributed by atoms with van der Waals surface area (Å²) in [5.74, 6) is -0.115. The van der Waals surface area contributed by atoms with Crippen molar-refractivity contribution < 1.29 is 13.2 Å². The van der Waals surface area contributed by atoms with Crippen molar-refractivity contribution in [2.75, 3.05) is 17.6 Å². The maximum absolute atomic E-state index is 12.4. The Morgan fingerprint density at radius 2 is 2.12 bits per heavy atom. The first-order valence-corrected chi connectivity index (χ1v) is 5.32. The molecule has 1 aromatic rings. The lowest BCUT2D eigenvalue weighted by Gasteiger charge is -2.09. The number of nitrogen functional groups attached to an aromatic ring is 1. The predicted molar refractivity (Wildman–Crippen MR) is 57.2 cm³/mol. The third-order valence-electron chi connectivity index (χ3n) is 2.82. The Morgan fingerprint density at radius 1 is 1.47 bits per heavy atom. The Morgan fingerprint density at radius 3 is 2.65 bits per heavy atom. The molecule has 3 N–H and O–H groups in total. The Kier molecular flexibility index (Phi) is 2.84. The van der Waals surface area contributed by atoms with Crippen molar-refractivity contribution >= 4 is 11.6 Å². The average Bonchev–Trinajstić information content (AvgIpc) is 2.90. The van der Waals surface area contributed by atoms with Gasteiger partial charge in [0.15, 0.2) is 0 Å². The fourth-order valence-electron chi connectivity index (χ4n) is 1.60. The first-order chi connectivity index (χ1) is 7.86. The molecular formula is C10H13F3N4. The summed E-state index contributed by atoms with van der Waals surface area (Å²) in [5, 5.41) is 2.86. The fraction of sp³-hybridized carbons (Fsp3) is 0.600. The Bertz CT molecular complexity index is 419. The molecule has 2 unspecified atom stereocenters. The Hall–Kier alpha value is -1.53. The van der Waals surface area contributed by atoms with Crippen molar-refractivity contribution in [1.29, 1.82) is 0 Å². The number of hydrogen-bond acceptors (Lipinski definition) is 4. The van der Waals surface area contributed by atoms with E-state index in [-0.39, 0.29) is 11.6 Å². The van der Waals surface area contributed by atoms with Crippen LogP contribution in [0.2, 0.25) is 0 Å². The molecule has 1 aliphatic carbocycles. The summed E-state index contributed by atoms with van der Waals surface area (Å²) in [4.78, 5) is 6.57. The number of nitrogens with two attached hydrogens (primary N) is 1. The number of rotatable bonds is 3. The zero-order valence-corrected chi connectivity index (χ0v) is 9.25. The third-order valence-corrected chi connectivity index (χ3v) is 2.82. The third kappa shape index (κ3) is 2.98. The number of halogens is 3. The minimum absolute atomic E-state index is 0.129. The molecule has 17 heavy (non-hydrogen) atoms. The highest BCUT2D eigenvalue weighted by molar-refractivity contribution is 5.45. The van der Waals surface area contributed by atoms with Gasteiger partial charge in [-0.15, -0.1) is 0 Å². The highest BCUT2D eigenvalue weighted by atomic mass is 19.4. The van der Waals surface area contributed by atoms with Crippen molar-refractivity contribution in [3.8, 4) is 0 Å². The van der Waals surface area contributed by atoms with Crippen molar-refractivity contribution in [2.45, 2.75) is 19.5 Å². The molecule has 1 aromatic heterocycles. The average molecular weight is 246 g/mol. The van der Waals surface area contributed by atoms with E-state index < -0.39 is 12.0 Å². The number of anilines is 2.